The van der Waals surface area contributed by atoms with E-state index in [1.165, 1.54) is 0 Å². The van der Waals surface area contributed by atoms with Crippen LogP contribution in [-0.4, -0.2) is 16.9 Å². The van der Waals surface area contributed by atoms with Crippen molar-refractivity contribution >= 4 is 29.1 Å². The van der Waals surface area contributed by atoms with Crippen molar-refractivity contribution in [2.75, 3.05) is 0 Å². The smallest absolute Gasteiger partial charge is 0.254 e. The van der Waals surface area contributed by atoms with Gasteiger partial charge in [-0.3, -0.25) is 4.79 Å². The van der Waals surface area contributed by atoms with Gasteiger partial charge in [0.25, 0.3) is 5.91 Å². The lowest BCUT2D eigenvalue weighted by Gasteiger charge is -2.33. The third-order valence-electron chi connectivity index (χ3n) is 4.39. The van der Waals surface area contributed by atoms with Crippen molar-refractivity contribution in [3.05, 3.63) is 63.9 Å². The number of carbonyl (C=O) groups is 1. The number of rotatable bonds is 3. The van der Waals surface area contributed by atoms with E-state index in [0.717, 1.165) is 36.3 Å². The normalized spacial score (nSPS) is 21.0. The van der Waals surface area contributed by atoms with Crippen molar-refractivity contribution in [2.24, 2.45) is 0 Å². The second-order valence-electron chi connectivity index (χ2n) is 5.83. The Morgan fingerprint density at radius 1 is 1.09 bits per heavy atom. The fourth-order valence-electron chi connectivity index (χ4n) is 3.25. The summed E-state index contributed by atoms with van der Waals surface area (Å²) in [5.74, 6) is 0.0592. The average molecular weight is 349 g/mol. The quantitative estimate of drug-likeness (QED) is 0.806. The van der Waals surface area contributed by atoms with E-state index in [4.69, 9.17) is 23.2 Å². The van der Waals surface area contributed by atoms with Gasteiger partial charge in [-0.25, -0.2) is 4.98 Å². The van der Waals surface area contributed by atoms with Crippen LogP contribution in [0.4, 0.5) is 0 Å². The van der Waals surface area contributed by atoms with Crippen molar-refractivity contribution in [3.63, 3.8) is 0 Å². The number of hydrogen-bond acceptors (Lipinski definition) is 2. The molecule has 2 atom stereocenters. The molecule has 0 bridgehead atoms. The SMILES string of the molecule is O=C(N[C@H]1CCCC[C@H]1c1ccccc1Cl)c1cccnc1Cl. The lowest BCUT2D eigenvalue weighted by molar-refractivity contribution is 0.0920. The first-order valence-corrected chi connectivity index (χ1v) is 8.58. The molecule has 3 rings (SSSR count). The van der Waals surface area contributed by atoms with E-state index in [2.05, 4.69) is 16.4 Å². The molecule has 1 aliphatic carbocycles. The summed E-state index contributed by atoms with van der Waals surface area (Å²) >= 11 is 12.4. The minimum atomic E-state index is -0.174. The lowest BCUT2D eigenvalue weighted by Crippen LogP contribution is -2.41. The maximum Gasteiger partial charge on any atom is 0.254 e. The van der Waals surface area contributed by atoms with Crippen molar-refractivity contribution in [1.29, 1.82) is 0 Å². The number of nitrogens with one attached hydrogen (secondary N) is 1. The van der Waals surface area contributed by atoms with Gasteiger partial charge in [0.15, 0.2) is 0 Å². The first-order chi connectivity index (χ1) is 11.2. The summed E-state index contributed by atoms with van der Waals surface area (Å²) in [4.78, 5) is 16.5. The number of hydrogen-bond donors (Lipinski definition) is 1. The molecule has 1 amide bonds. The fourth-order valence-corrected chi connectivity index (χ4v) is 3.73. The number of amides is 1. The highest BCUT2D eigenvalue weighted by molar-refractivity contribution is 6.32. The van der Waals surface area contributed by atoms with Crippen molar-refractivity contribution in [1.82, 2.24) is 10.3 Å². The highest BCUT2D eigenvalue weighted by Gasteiger charge is 2.29. The summed E-state index contributed by atoms with van der Waals surface area (Å²) < 4.78 is 0. The van der Waals surface area contributed by atoms with Crippen LogP contribution in [0.1, 0.15) is 47.5 Å². The predicted molar refractivity (Wildman–Crippen MR) is 93.2 cm³/mol. The fraction of sp³-hybridized carbons (Fsp3) is 0.333. The van der Waals surface area contributed by atoms with Crippen molar-refractivity contribution < 1.29 is 4.79 Å². The molecule has 1 fully saturated rings. The van der Waals surface area contributed by atoms with E-state index in [9.17, 15) is 4.79 Å². The molecule has 0 radical (unpaired) electrons. The van der Waals surface area contributed by atoms with Gasteiger partial charge in [0.1, 0.15) is 5.15 Å². The minimum Gasteiger partial charge on any atom is -0.349 e. The Bertz CT molecular complexity index is 705. The molecule has 1 aliphatic rings. The van der Waals surface area contributed by atoms with E-state index < -0.39 is 0 Å². The number of carbonyl (C=O) groups excluding carboxylic acids is 1. The van der Waals surface area contributed by atoms with Gasteiger partial charge in [-0.2, -0.15) is 0 Å². The molecule has 2 aromatic rings. The highest BCUT2D eigenvalue weighted by Crippen LogP contribution is 2.36. The molecular weight excluding hydrogens is 331 g/mol. The van der Waals surface area contributed by atoms with Crippen LogP contribution in [0.25, 0.3) is 0 Å². The van der Waals surface area contributed by atoms with Crippen LogP contribution in [0.15, 0.2) is 42.6 Å². The summed E-state index contributed by atoms with van der Waals surface area (Å²) in [6.45, 7) is 0. The molecule has 120 valence electrons. The van der Waals surface area contributed by atoms with Crippen LogP contribution in [0.3, 0.4) is 0 Å². The summed E-state index contributed by atoms with van der Waals surface area (Å²) in [5.41, 5.74) is 1.52. The molecule has 3 nitrogen and oxygen atoms in total. The highest BCUT2D eigenvalue weighted by atomic mass is 35.5. The second kappa shape index (κ2) is 7.33. The van der Waals surface area contributed by atoms with E-state index >= 15 is 0 Å². The van der Waals surface area contributed by atoms with E-state index in [1.807, 2.05) is 18.2 Å². The lowest BCUT2D eigenvalue weighted by atomic mass is 9.80. The number of pyridine rings is 1. The van der Waals surface area contributed by atoms with Gasteiger partial charge in [0.2, 0.25) is 0 Å². The Kier molecular flexibility index (Phi) is 5.19. The predicted octanol–water partition coefficient (Wildman–Crippen LogP) is 4.84. The first kappa shape index (κ1) is 16.3. The topological polar surface area (TPSA) is 42.0 Å². The zero-order valence-corrected chi connectivity index (χ0v) is 14.1. The third-order valence-corrected chi connectivity index (χ3v) is 5.04. The maximum absolute atomic E-state index is 12.5. The summed E-state index contributed by atoms with van der Waals surface area (Å²) in [5, 5.41) is 4.12. The van der Waals surface area contributed by atoms with Crippen LogP contribution < -0.4 is 5.32 Å². The number of nitrogens with zero attached hydrogens (tertiary/aromatic N) is 1. The second-order valence-corrected chi connectivity index (χ2v) is 6.60. The molecule has 1 aromatic carbocycles. The Balaban J connectivity index is 1.81. The van der Waals surface area contributed by atoms with Crippen LogP contribution in [0.2, 0.25) is 10.2 Å². The monoisotopic (exact) mass is 348 g/mol. The third kappa shape index (κ3) is 3.67. The Hall–Kier alpha value is -1.58. The summed E-state index contributed by atoms with van der Waals surface area (Å²) in [6, 6.07) is 11.3. The van der Waals surface area contributed by atoms with E-state index in [-0.39, 0.29) is 23.0 Å². The van der Waals surface area contributed by atoms with Gasteiger partial charge < -0.3 is 5.32 Å². The molecule has 0 saturated heterocycles. The molecule has 0 spiro atoms. The van der Waals surface area contributed by atoms with Gasteiger partial charge >= 0.3 is 0 Å². The van der Waals surface area contributed by atoms with Crippen LogP contribution in [0.5, 0.6) is 0 Å². The number of aromatic nitrogens is 1. The molecule has 0 unspecified atom stereocenters. The number of halogens is 2. The Morgan fingerprint density at radius 2 is 1.87 bits per heavy atom. The zero-order chi connectivity index (χ0) is 16.2. The standard InChI is InChI=1S/C18H18Cl2N2O/c19-15-9-3-1-6-12(15)13-7-2-4-10-16(13)22-18(23)14-8-5-11-21-17(14)20/h1,3,5-6,8-9,11,13,16H,2,4,7,10H2,(H,22,23)/t13-,16-/m0/s1. The molecule has 1 heterocycles. The Labute approximate surface area is 146 Å². The summed E-state index contributed by atoms with van der Waals surface area (Å²) in [6.07, 6.45) is 5.80. The Morgan fingerprint density at radius 3 is 2.65 bits per heavy atom. The van der Waals surface area contributed by atoms with Gasteiger partial charge in [-0.15, -0.1) is 0 Å². The van der Waals surface area contributed by atoms with Crippen LogP contribution in [-0.2, 0) is 0 Å². The number of benzene rings is 1. The van der Waals surface area contributed by atoms with Crippen LogP contribution >= 0.6 is 23.2 Å². The molecule has 0 aliphatic heterocycles. The minimum absolute atomic E-state index is 0.0624. The van der Waals surface area contributed by atoms with Gasteiger partial charge in [-0.05, 0) is 36.6 Å². The van der Waals surface area contributed by atoms with Crippen LogP contribution in [0, 0.1) is 0 Å². The van der Waals surface area contributed by atoms with E-state index in [1.54, 1.807) is 18.3 Å². The first-order valence-electron chi connectivity index (χ1n) is 7.82. The molecule has 5 heteroatoms. The van der Waals surface area contributed by atoms with E-state index in [0.29, 0.717) is 5.56 Å². The molecule has 1 aromatic heterocycles. The van der Waals surface area contributed by atoms with Crippen molar-refractivity contribution in [2.45, 2.75) is 37.6 Å². The molecule has 23 heavy (non-hydrogen) atoms. The molecular formula is C18H18Cl2N2O. The van der Waals surface area contributed by atoms with Gasteiger partial charge in [0, 0.05) is 23.2 Å². The average Bonchev–Trinajstić information content (AvgIpc) is 2.56. The largest absolute Gasteiger partial charge is 0.349 e. The van der Waals surface area contributed by atoms with Gasteiger partial charge in [-0.1, -0.05) is 54.2 Å². The zero-order valence-electron chi connectivity index (χ0n) is 12.6. The molecule has 1 N–H and O–H groups in total. The maximum atomic E-state index is 12.5. The molecule has 1 saturated carbocycles. The summed E-state index contributed by atoms with van der Waals surface area (Å²) in [7, 11) is 0. The van der Waals surface area contributed by atoms with Gasteiger partial charge in [0.05, 0.1) is 5.56 Å². The van der Waals surface area contributed by atoms with Crippen molar-refractivity contribution in [3.8, 4) is 0 Å².